The van der Waals surface area contributed by atoms with E-state index in [-0.39, 0.29) is 5.75 Å². The van der Waals surface area contributed by atoms with Crippen molar-refractivity contribution >= 4 is 10.8 Å². The van der Waals surface area contributed by atoms with Crippen LogP contribution in [-0.2, 0) is 0 Å². The Labute approximate surface area is 123 Å². The minimum absolute atomic E-state index is 0.284. The first-order valence-corrected chi connectivity index (χ1v) is 6.85. The first kappa shape index (κ1) is 13.3. The third kappa shape index (κ3) is 3.26. The number of fused-ring (bicyclic) bond motifs is 1. The normalized spacial score (nSPS) is 10.5. The van der Waals surface area contributed by atoms with Crippen molar-refractivity contribution in [3.05, 3.63) is 66.7 Å². The molecule has 3 rings (SSSR count). The number of hydrogen-bond donors (Lipinski definition) is 1. The van der Waals surface area contributed by atoms with Crippen LogP contribution in [0.15, 0.2) is 66.7 Å². The Balaban J connectivity index is 1.58. The number of phenolic OH excluding ortho intramolecular Hbond substituents is 1. The second-order valence-corrected chi connectivity index (χ2v) is 4.67. The van der Waals surface area contributed by atoms with Crippen molar-refractivity contribution in [2.24, 2.45) is 0 Å². The third-order valence-electron chi connectivity index (χ3n) is 3.19. The summed E-state index contributed by atoms with van der Waals surface area (Å²) in [5.74, 6) is 1.89. The Morgan fingerprint density at radius 2 is 1.48 bits per heavy atom. The maximum absolute atomic E-state index is 9.74. The molecule has 0 spiro atoms. The molecule has 0 aliphatic rings. The molecule has 3 aromatic carbocycles. The molecule has 0 aromatic heterocycles. The highest BCUT2D eigenvalue weighted by Gasteiger charge is 2.01. The smallest absolute Gasteiger partial charge is 0.123 e. The van der Waals surface area contributed by atoms with Gasteiger partial charge in [-0.15, -0.1) is 0 Å². The van der Waals surface area contributed by atoms with Crippen molar-refractivity contribution in [1.82, 2.24) is 0 Å². The molecule has 0 fully saturated rings. The number of hydrogen-bond acceptors (Lipinski definition) is 3. The molecule has 21 heavy (non-hydrogen) atoms. The lowest BCUT2D eigenvalue weighted by atomic mass is 10.1. The predicted octanol–water partition coefficient (Wildman–Crippen LogP) is 4.00. The Bertz CT molecular complexity index is 723. The zero-order chi connectivity index (χ0) is 14.5. The molecule has 0 atom stereocenters. The highest BCUT2D eigenvalue weighted by Crippen LogP contribution is 2.27. The van der Waals surface area contributed by atoms with Crippen LogP contribution in [0.2, 0.25) is 0 Å². The van der Waals surface area contributed by atoms with Gasteiger partial charge in [0.25, 0.3) is 0 Å². The van der Waals surface area contributed by atoms with E-state index in [9.17, 15) is 5.11 Å². The summed E-state index contributed by atoms with van der Waals surface area (Å²) >= 11 is 0. The van der Waals surface area contributed by atoms with Crippen LogP contribution in [0, 0.1) is 0 Å². The van der Waals surface area contributed by atoms with Gasteiger partial charge in [-0.05, 0) is 41.8 Å². The second-order valence-electron chi connectivity index (χ2n) is 4.67. The number of rotatable bonds is 5. The van der Waals surface area contributed by atoms with Crippen molar-refractivity contribution in [1.29, 1.82) is 0 Å². The molecule has 0 heterocycles. The van der Waals surface area contributed by atoms with E-state index in [1.54, 1.807) is 6.07 Å². The van der Waals surface area contributed by atoms with Crippen LogP contribution in [0.4, 0.5) is 0 Å². The Hall–Kier alpha value is -2.68. The van der Waals surface area contributed by atoms with Gasteiger partial charge in [-0.25, -0.2) is 0 Å². The van der Waals surface area contributed by atoms with Crippen molar-refractivity contribution in [3.63, 3.8) is 0 Å². The summed E-state index contributed by atoms with van der Waals surface area (Å²) < 4.78 is 11.2. The van der Waals surface area contributed by atoms with Crippen molar-refractivity contribution in [2.75, 3.05) is 13.2 Å². The van der Waals surface area contributed by atoms with Crippen LogP contribution in [0.3, 0.4) is 0 Å². The van der Waals surface area contributed by atoms with Crippen LogP contribution in [0.25, 0.3) is 10.8 Å². The maximum Gasteiger partial charge on any atom is 0.123 e. The summed E-state index contributed by atoms with van der Waals surface area (Å²) in [6, 6.07) is 20.7. The maximum atomic E-state index is 9.74. The highest BCUT2D eigenvalue weighted by atomic mass is 16.5. The van der Waals surface area contributed by atoms with Gasteiger partial charge in [0.15, 0.2) is 0 Å². The third-order valence-corrected chi connectivity index (χ3v) is 3.19. The highest BCUT2D eigenvalue weighted by molar-refractivity contribution is 5.89. The zero-order valence-corrected chi connectivity index (χ0v) is 11.5. The fourth-order valence-electron chi connectivity index (χ4n) is 2.17. The minimum atomic E-state index is 0.284. The Kier molecular flexibility index (Phi) is 3.92. The zero-order valence-electron chi connectivity index (χ0n) is 11.5. The topological polar surface area (TPSA) is 38.7 Å². The van der Waals surface area contributed by atoms with E-state index in [4.69, 9.17) is 9.47 Å². The molecule has 0 bridgehead atoms. The SMILES string of the molecule is Oc1cccc2cc(OCCOc3ccccc3)ccc12. The molecule has 0 radical (unpaired) electrons. The number of ether oxygens (including phenoxy) is 2. The molecule has 106 valence electrons. The van der Waals surface area contributed by atoms with E-state index in [1.165, 1.54) is 0 Å². The molecular formula is C18H16O3. The summed E-state index contributed by atoms with van der Waals surface area (Å²) in [6.07, 6.45) is 0. The van der Waals surface area contributed by atoms with Crippen molar-refractivity contribution < 1.29 is 14.6 Å². The van der Waals surface area contributed by atoms with E-state index in [0.29, 0.717) is 13.2 Å². The largest absolute Gasteiger partial charge is 0.507 e. The van der Waals surface area contributed by atoms with Gasteiger partial charge in [0.05, 0.1) is 0 Å². The fraction of sp³-hybridized carbons (Fsp3) is 0.111. The van der Waals surface area contributed by atoms with E-state index in [1.807, 2.05) is 60.7 Å². The van der Waals surface area contributed by atoms with Crippen LogP contribution in [0.5, 0.6) is 17.2 Å². The van der Waals surface area contributed by atoms with Gasteiger partial charge in [-0.1, -0.05) is 30.3 Å². The van der Waals surface area contributed by atoms with Gasteiger partial charge in [0, 0.05) is 5.39 Å². The molecule has 0 aliphatic carbocycles. The summed E-state index contributed by atoms with van der Waals surface area (Å²) in [7, 11) is 0. The van der Waals surface area contributed by atoms with E-state index < -0.39 is 0 Å². The number of benzene rings is 3. The fourth-order valence-corrected chi connectivity index (χ4v) is 2.17. The lowest BCUT2D eigenvalue weighted by Crippen LogP contribution is -2.08. The Morgan fingerprint density at radius 3 is 2.29 bits per heavy atom. The summed E-state index contributed by atoms with van der Waals surface area (Å²) in [4.78, 5) is 0. The predicted molar refractivity (Wildman–Crippen MR) is 83.0 cm³/mol. The molecule has 0 saturated carbocycles. The summed E-state index contributed by atoms with van der Waals surface area (Å²) in [5.41, 5.74) is 0. The van der Waals surface area contributed by atoms with E-state index in [2.05, 4.69) is 0 Å². The summed E-state index contributed by atoms with van der Waals surface area (Å²) in [6.45, 7) is 0.960. The van der Waals surface area contributed by atoms with Gasteiger partial charge in [-0.2, -0.15) is 0 Å². The van der Waals surface area contributed by atoms with Crippen LogP contribution >= 0.6 is 0 Å². The van der Waals surface area contributed by atoms with Crippen molar-refractivity contribution in [3.8, 4) is 17.2 Å². The lowest BCUT2D eigenvalue weighted by molar-refractivity contribution is 0.217. The molecule has 0 aliphatic heterocycles. The molecule has 3 aromatic rings. The molecule has 3 heteroatoms. The molecule has 0 unspecified atom stereocenters. The van der Waals surface area contributed by atoms with Gasteiger partial charge >= 0.3 is 0 Å². The van der Waals surface area contributed by atoms with E-state index >= 15 is 0 Å². The van der Waals surface area contributed by atoms with Gasteiger partial charge < -0.3 is 14.6 Å². The van der Waals surface area contributed by atoms with Crippen molar-refractivity contribution in [2.45, 2.75) is 0 Å². The number of para-hydroxylation sites is 1. The van der Waals surface area contributed by atoms with Crippen LogP contribution in [-0.4, -0.2) is 18.3 Å². The number of aromatic hydroxyl groups is 1. The standard InChI is InChI=1S/C18H16O3/c19-18-8-4-5-14-13-16(9-10-17(14)18)21-12-11-20-15-6-2-1-3-7-15/h1-10,13,19H,11-12H2. The summed E-state index contributed by atoms with van der Waals surface area (Å²) in [5, 5.41) is 11.5. The van der Waals surface area contributed by atoms with Gasteiger partial charge in [0.1, 0.15) is 30.5 Å². The van der Waals surface area contributed by atoms with Crippen LogP contribution < -0.4 is 9.47 Å². The molecule has 0 saturated heterocycles. The van der Waals surface area contributed by atoms with Gasteiger partial charge in [-0.3, -0.25) is 0 Å². The first-order chi connectivity index (χ1) is 10.3. The lowest BCUT2D eigenvalue weighted by Gasteiger charge is -2.09. The van der Waals surface area contributed by atoms with Gasteiger partial charge in [0.2, 0.25) is 0 Å². The van der Waals surface area contributed by atoms with Crippen LogP contribution in [0.1, 0.15) is 0 Å². The van der Waals surface area contributed by atoms with E-state index in [0.717, 1.165) is 22.3 Å². The molecule has 1 N–H and O–H groups in total. The Morgan fingerprint density at radius 1 is 0.714 bits per heavy atom. The number of phenols is 1. The minimum Gasteiger partial charge on any atom is -0.507 e. The second kappa shape index (κ2) is 6.18. The monoisotopic (exact) mass is 280 g/mol. The molecule has 3 nitrogen and oxygen atoms in total. The molecular weight excluding hydrogens is 264 g/mol. The quantitative estimate of drug-likeness (QED) is 0.718. The average Bonchev–Trinajstić information content (AvgIpc) is 2.53. The first-order valence-electron chi connectivity index (χ1n) is 6.85. The molecule has 0 amide bonds. The average molecular weight is 280 g/mol.